The Hall–Kier alpha value is -0.920. The highest BCUT2D eigenvalue weighted by atomic mass is 14.2. The zero-order valence-electron chi connectivity index (χ0n) is 13.2. The molecule has 0 unspecified atom stereocenters. The van der Waals surface area contributed by atoms with Gasteiger partial charge in [0.05, 0.1) is 5.41 Å². The molecule has 0 aromatic rings. The van der Waals surface area contributed by atoms with Crippen LogP contribution in [0.15, 0.2) is 16.9 Å². The summed E-state index contributed by atoms with van der Waals surface area (Å²) in [6, 6.07) is 0. The molecular formula is C18H30. The molecule has 0 saturated heterocycles. The molecule has 0 aromatic heterocycles. The molecule has 0 aromatic carbocycles. The number of unbranched alkanes of at least 4 members (excludes halogenated alkanes) is 3. The number of hydrogen-bond acceptors (Lipinski definition) is 0. The first-order valence-corrected chi connectivity index (χ1v) is 7.37. The highest BCUT2D eigenvalue weighted by molar-refractivity contribution is 5.26. The lowest BCUT2D eigenvalue weighted by Crippen LogP contribution is -2.12. The second-order valence-corrected chi connectivity index (χ2v) is 5.74. The van der Waals surface area contributed by atoms with Gasteiger partial charge >= 0.3 is 0 Å². The van der Waals surface area contributed by atoms with E-state index in [4.69, 9.17) is 0 Å². The van der Waals surface area contributed by atoms with Gasteiger partial charge in [0.25, 0.3) is 0 Å². The molecule has 0 nitrogen and oxygen atoms in total. The van der Waals surface area contributed by atoms with Gasteiger partial charge in [-0.25, -0.2) is 0 Å². The minimum atomic E-state index is -0.0276. The van der Waals surface area contributed by atoms with E-state index in [1.807, 2.05) is 0 Å². The fourth-order valence-corrected chi connectivity index (χ4v) is 1.81. The average molecular weight is 246 g/mol. The van der Waals surface area contributed by atoms with Crippen molar-refractivity contribution in [1.82, 2.24) is 0 Å². The van der Waals surface area contributed by atoms with Crippen molar-refractivity contribution in [3.63, 3.8) is 0 Å². The van der Waals surface area contributed by atoms with Crippen molar-refractivity contribution >= 4 is 0 Å². The molecule has 0 saturated carbocycles. The van der Waals surface area contributed by atoms with Crippen LogP contribution >= 0.6 is 0 Å². The largest absolute Gasteiger partial charge is 0.122 e. The molecule has 0 heteroatoms. The van der Waals surface area contributed by atoms with Crippen molar-refractivity contribution in [2.24, 2.45) is 5.41 Å². The maximum Gasteiger partial charge on any atom is 0.0540 e. The molecular weight excluding hydrogens is 216 g/mol. The molecule has 0 spiro atoms. The minimum absolute atomic E-state index is 0.0276. The summed E-state index contributed by atoms with van der Waals surface area (Å²) < 4.78 is 0. The van der Waals surface area contributed by atoms with Gasteiger partial charge in [0.1, 0.15) is 0 Å². The Kier molecular flexibility index (Phi) is 8.61. The summed E-state index contributed by atoms with van der Waals surface area (Å²) in [5.41, 5.74) is 6.12. The van der Waals surface area contributed by atoms with E-state index >= 15 is 0 Å². The fraction of sp³-hybridized carbons (Fsp3) is 0.722. The summed E-state index contributed by atoms with van der Waals surface area (Å²) in [6.07, 6.45) is 7.04. The summed E-state index contributed by atoms with van der Waals surface area (Å²) in [7, 11) is 0. The Bertz CT molecular complexity index is 347. The Morgan fingerprint density at radius 2 is 1.61 bits per heavy atom. The van der Waals surface area contributed by atoms with E-state index in [0.717, 1.165) is 12.8 Å². The first-order chi connectivity index (χ1) is 8.44. The van der Waals surface area contributed by atoms with Crippen LogP contribution in [0.5, 0.6) is 0 Å². The van der Waals surface area contributed by atoms with Crippen LogP contribution < -0.4 is 0 Å². The first-order valence-electron chi connectivity index (χ1n) is 7.37. The highest BCUT2D eigenvalue weighted by Gasteiger charge is 2.19. The summed E-state index contributed by atoms with van der Waals surface area (Å²) in [6.45, 7) is 13.1. The van der Waals surface area contributed by atoms with Crippen LogP contribution in [-0.2, 0) is 0 Å². The van der Waals surface area contributed by atoms with E-state index in [-0.39, 0.29) is 5.41 Å². The standard InChI is InChI=1S/C18H30/c1-7-9-11-12-14-18(5,6)17(13-10-8-2)15-16(3)4/h7-11,13H2,1-6H3. The van der Waals surface area contributed by atoms with Crippen LogP contribution in [-0.4, -0.2) is 0 Å². The van der Waals surface area contributed by atoms with Crippen LogP contribution in [0.4, 0.5) is 0 Å². The molecule has 0 radical (unpaired) electrons. The molecule has 0 amide bonds. The van der Waals surface area contributed by atoms with Crippen LogP contribution in [0, 0.1) is 17.3 Å². The Balaban J connectivity index is 4.96. The highest BCUT2D eigenvalue weighted by Crippen LogP contribution is 2.29. The summed E-state index contributed by atoms with van der Waals surface area (Å²) in [4.78, 5) is 0. The second kappa shape index (κ2) is 9.07. The van der Waals surface area contributed by atoms with Crippen molar-refractivity contribution in [1.29, 1.82) is 0 Å². The van der Waals surface area contributed by atoms with Gasteiger partial charge in [-0.1, -0.05) is 32.6 Å². The van der Waals surface area contributed by atoms with Crippen molar-refractivity contribution < 1.29 is 0 Å². The quantitative estimate of drug-likeness (QED) is 0.311. The zero-order valence-corrected chi connectivity index (χ0v) is 13.2. The minimum Gasteiger partial charge on any atom is -0.122 e. The SMILES string of the molecule is CCCCC#CC(C)(C)C(=C=C(C)C)CCCC. The lowest BCUT2D eigenvalue weighted by atomic mass is 9.82. The smallest absolute Gasteiger partial charge is 0.0540 e. The van der Waals surface area contributed by atoms with Crippen LogP contribution in [0.1, 0.15) is 80.1 Å². The van der Waals surface area contributed by atoms with Crippen LogP contribution in [0.2, 0.25) is 0 Å². The van der Waals surface area contributed by atoms with Gasteiger partial charge in [0.15, 0.2) is 0 Å². The van der Waals surface area contributed by atoms with Crippen molar-refractivity contribution in [2.45, 2.75) is 80.1 Å². The van der Waals surface area contributed by atoms with Crippen molar-refractivity contribution in [3.8, 4) is 11.8 Å². The van der Waals surface area contributed by atoms with E-state index < -0.39 is 0 Å². The Morgan fingerprint density at radius 1 is 1.00 bits per heavy atom. The number of hydrogen-bond donors (Lipinski definition) is 0. The number of rotatable bonds is 6. The Morgan fingerprint density at radius 3 is 2.11 bits per heavy atom. The zero-order chi connectivity index (χ0) is 14.0. The molecule has 102 valence electrons. The van der Waals surface area contributed by atoms with E-state index in [2.05, 4.69) is 59.1 Å². The molecule has 0 fully saturated rings. The fourth-order valence-electron chi connectivity index (χ4n) is 1.81. The molecule has 0 aliphatic rings. The van der Waals surface area contributed by atoms with E-state index in [1.54, 1.807) is 0 Å². The summed E-state index contributed by atoms with van der Waals surface area (Å²) >= 11 is 0. The predicted molar refractivity (Wildman–Crippen MR) is 82.5 cm³/mol. The van der Waals surface area contributed by atoms with Crippen molar-refractivity contribution in [3.05, 3.63) is 16.9 Å². The summed E-state index contributed by atoms with van der Waals surface area (Å²) in [5, 5.41) is 0. The molecule has 18 heavy (non-hydrogen) atoms. The van der Waals surface area contributed by atoms with E-state index in [1.165, 1.54) is 36.8 Å². The van der Waals surface area contributed by atoms with Gasteiger partial charge in [-0.3, -0.25) is 0 Å². The van der Waals surface area contributed by atoms with E-state index in [9.17, 15) is 0 Å². The van der Waals surface area contributed by atoms with Gasteiger partial charge in [0, 0.05) is 6.42 Å². The maximum absolute atomic E-state index is 3.53. The monoisotopic (exact) mass is 246 g/mol. The van der Waals surface area contributed by atoms with Gasteiger partial charge in [0.2, 0.25) is 0 Å². The van der Waals surface area contributed by atoms with Gasteiger partial charge in [-0.2, -0.15) is 0 Å². The third-order valence-electron chi connectivity index (χ3n) is 2.99. The average Bonchev–Trinajstić information content (AvgIpc) is 2.29. The topological polar surface area (TPSA) is 0 Å². The van der Waals surface area contributed by atoms with E-state index in [0.29, 0.717) is 0 Å². The lowest BCUT2D eigenvalue weighted by molar-refractivity contribution is 0.562. The third kappa shape index (κ3) is 7.41. The van der Waals surface area contributed by atoms with Crippen LogP contribution in [0.3, 0.4) is 0 Å². The Labute approximate surface area is 115 Å². The van der Waals surface area contributed by atoms with Gasteiger partial charge in [-0.05, 0) is 58.1 Å². The predicted octanol–water partition coefficient (Wildman–Crippen LogP) is 5.89. The molecule has 0 aliphatic heterocycles. The van der Waals surface area contributed by atoms with Crippen LogP contribution in [0.25, 0.3) is 0 Å². The maximum atomic E-state index is 3.53. The number of allylic oxidation sites excluding steroid dienone is 1. The molecule has 0 rings (SSSR count). The molecule has 0 N–H and O–H groups in total. The third-order valence-corrected chi connectivity index (χ3v) is 2.99. The lowest BCUT2D eigenvalue weighted by Gasteiger charge is -2.20. The molecule has 0 atom stereocenters. The van der Waals surface area contributed by atoms with Crippen molar-refractivity contribution in [2.75, 3.05) is 0 Å². The van der Waals surface area contributed by atoms with Gasteiger partial charge < -0.3 is 0 Å². The molecule has 0 bridgehead atoms. The second-order valence-electron chi connectivity index (χ2n) is 5.74. The normalized spacial score (nSPS) is 10.3. The molecule has 0 heterocycles. The molecule has 0 aliphatic carbocycles. The first kappa shape index (κ1) is 17.1. The summed E-state index contributed by atoms with van der Waals surface area (Å²) in [5.74, 6) is 6.78. The van der Waals surface area contributed by atoms with Gasteiger partial charge in [-0.15, -0.1) is 11.7 Å².